The second-order valence-corrected chi connectivity index (χ2v) is 8.66. The highest BCUT2D eigenvalue weighted by atomic mass is 32.2. The summed E-state index contributed by atoms with van der Waals surface area (Å²) in [4.78, 5) is 14.5. The Kier molecular flexibility index (Phi) is 6.23. The number of carbonyl (C=O) groups excluding carboxylic acids is 1. The molecule has 9 heteroatoms. The lowest BCUT2D eigenvalue weighted by molar-refractivity contribution is -0.135. The third-order valence-electron chi connectivity index (χ3n) is 5.15. The van der Waals surface area contributed by atoms with E-state index in [0.29, 0.717) is 18.8 Å². The minimum atomic E-state index is -3.74. The van der Waals surface area contributed by atoms with Gasteiger partial charge in [-0.15, -0.1) is 0 Å². The Morgan fingerprint density at radius 2 is 1.85 bits per heavy atom. The standard InChI is InChI=1S/C18H27N3O5S/c1-25-14-6-7-16(26-2)17(13-14)27(23,24)21-11-9-20(10-12-21)18(22)15-5-3-4-8-19-15/h6-7,13,15,19H,3-5,8-12H2,1-2H3. The van der Waals surface area contributed by atoms with Crippen molar-refractivity contribution in [3.8, 4) is 11.5 Å². The van der Waals surface area contributed by atoms with Crippen LogP contribution in [0.3, 0.4) is 0 Å². The molecule has 2 aliphatic heterocycles. The van der Waals surface area contributed by atoms with E-state index in [0.717, 1.165) is 25.8 Å². The molecule has 150 valence electrons. The zero-order chi connectivity index (χ0) is 19.4. The molecule has 3 rings (SSSR count). The van der Waals surface area contributed by atoms with Crippen molar-refractivity contribution < 1.29 is 22.7 Å². The first kappa shape index (κ1) is 19.9. The topological polar surface area (TPSA) is 88.2 Å². The Morgan fingerprint density at radius 1 is 1.11 bits per heavy atom. The van der Waals surface area contributed by atoms with E-state index in [4.69, 9.17) is 9.47 Å². The number of hydrogen-bond donors (Lipinski definition) is 1. The highest BCUT2D eigenvalue weighted by molar-refractivity contribution is 7.89. The van der Waals surface area contributed by atoms with Crippen LogP contribution >= 0.6 is 0 Å². The maximum absolute atomic E-state index is 13.1. The molecule has 0 radical (unpaired) electrons. The molecule has 0 spiro atoms. The number of piperidine rings is 1. The molecule has 1 atom stereocenters. The Balaban J connectivity index is 1.70. The summed E-state index contributed by atoms with van der Waals surface area (Å²) in [6.07, 6.45) is 2.99. The highest BCUT2D eigenvalue weighted by Gasteiger charge is 2.34. The number of amides is 1. The summed E-state index contributed by atoms with van der Waals surface area (Å²) in [5.74, 6) is 0.804. The molecule has 8 nitrogen and oxygen atoms in total. The number of nitrogens with zero attached hydrogens (tertiary/aromatic N) is 2. The SMILES string of the molecule is COc1ccc(OC)c(S(=O)(=O)N2CCN(C(=O)C3CCCCN3)CC2)c1. The molecular weight excluding hydrogens is 370 g/mol. The van der Waals surface area contributed by atoms with E-state index < -0.39 is 10.0 Å². The van der Waals surface area contributed by atoms with Crippen molar-refractivity contribution >= 4 is 15.9 Å². The van der Waals surface area contributed by atoms with Crippen LogP contribution in [0.25, 0.3) is 0 Å². The fourth-order valence-electron chi connectivity index (χ4n) is 3.56. The number of ether oxygens (including phenoxy) is 2. The quantitative estimate of drug-likeness (QED) is 0.786. The average molecular weight is 397 g/mol. The van der Waals surface area contributed by atoms with Gasteiger partial charge in [0.15, 0.2) is 0 Å². The molecule has 1 N–H and O–H groups in total. The van der Waals surface area contributed by atoms with Crippen molar-refractivity contribution in [3.63, 3.8) is 0 Å². The molecule has 1 aromatic rings. The second kappa shape index (κ2) is 8.45. The van der Waals surface area contributed by atoms with E-state index in [-0.39, 0.29) is 35.7 Å². The molecular formula is C18H27N3O5S. The molecule has 1 aromatic carbocycles. The van der Waals surface area contributed by atoms with Crippen molar-refractivity contribution in [2.24, 2.45) is 0 Å². The van der Waals surface area contributed by atoms with Crippen molar-refractivity contribution in [1.29, 1.82) is 0 Å². The van der Waals surface area contributed by atoms with Crippen LogP contribution in [0, 0.1) is 0 Å². The average Bonchev–Trinajstić information content (AvgIpc) is 2.73. The van der Waals surface area contributed by atoms with Gasteiger partial charge in [-0.2, -0.15) is 4.31 Å². The zero-order valence-corrected chi connectivity index (χ0v) is 16.6. The second-order valence-electron chi connectivity index (χ2n) is 6.75. The van der Waals surface area contributed by atoms with Crippen LogP contribution in [0.15, 0.2) is 23.1 Å². The number of piperazine rings is 1. The summed E-state index contributed by atoms with van der Waals surface area (Å²) in [5, 5.41) is 3.26. The van der Waals surface area contributed by atoms with Crippen molar-refractivity contribution in [3.05, 3.63) is 18.2 Å². The number of benzene rings is 1. The van der Waals surface area contributed by atoms with Gasteiger partial charge in [0.05, 0.1) is 20.3 Å². The van der Waals surface area contributed by atoms with Gasteiger partial charge in [0, 0.05) is 32.2 Å². The van der Waals surface area contributed by atoms with Crippen LogP contribution < -0.4 is 14.8 Å². The highest BCUT2D eigenvalue weighted by Crippen LogP contribution is 2.31. The normalized spacial score (nSPS) is 21.7. The monoisotopic (exact) mass is 397 g/mol. The summed E-state index contributed by atoms with van der Waals surface area (Å²) in [7, 11) is -0.810. The lowest BCUT2D eigenvalue weighted by Crippen LogP contribution is -2.55. The number of carbonyl (C=O) groups is 1. The fourth-order valence-corrected chi connectivity index (χ4v) is 5.15. The van der Waals surface area contributed by atoms with Gasteiger partial charge in [-0.05, 0) is 31.5 Å². The largest absolute Gasteiger partial charge is 0.497 e. The third kappa shape index (κ3) is 4.20. The van der Waals surface area contributed by atoms with Gasteiger partial charge in [0.25, 0.3) is 0 Å². The number of rotatable bonds is 5. The van der Waals surface area contributed by atoms with Gasteiger partial charge in [0.2, 0.25) is 15.9 Å². The fraction of sp³-hybridized carbons (Fsp3) is 0.611. The lowest BCUT2D eigenvalue weighted by Gasteiger charge is -2.36. The van der Waals surface area contributed by atoms with Crippen LogP contribution in [0.4, 0.5) is 0 Å². The molecule has 0 saturated carbocycles. The first-order valence-electron chi connectivity index (χ1n) is 9.21. The van der Waals surface area contributed by atoms with E-state index in [9.17, 15) is 13.2 Å². The molecule has 27 heavy (non-hydrogen) atoms. The Labute approximate surface area is 160 Å². The summed E-state index contributed by atoms with van der Waals surface area (Å²) in [6, 6.07) is 4.57. The predicted molar refractivity (Wildman–Crippen MR) is 101 cm³/mol. The summed E-state index contributed by atoms with van der Waals surface area (Å²) in [5.41, 5.74) is 0. The van der Waals surface area contributed by atoms with E-state index in [2.05, 4.69) is 5.32 Å². The Morgan fingerprint density at radius 3 is 2.44 bits per heavy atom. The van der Waals surface area contributed by atoms with Crippen molar-refractivity contribution in [1.82, 2.24) is 14.5 Å². The molecule has 2 saturated heterocycles. The number of methoxy groups -OCH3 is 2. The molecule has 0 aliphatic carbocycles. The Bertz CT molecular complexity index is 769. The predicted octanol–water partition coefficient (Wildman–Crippen LogP) is 0.679. The van der Waals surface area contributed by atoms with E-state index in [1.54, 1.807) is 17.0 Å². The number of hydrogen-bond acceptors (Lipinski definition) is 6. The van der Waals surface area contributed by atoms with Gasteiger partial charge in [0.1, 0.15) is 16.4 Å². The van der Waals surface area contributed by atoms with E-state index >= 15 is 0 Å². The van der Waals surface area contributed by atoms with Gasteiger partial charge in [-0.1, -0.05) is 6.42 Å². The van der Waals surface area contributed by atoms with E-state index in [1.807, 2.05) is 0 Å². The van der Waals surface area contributed by atoms with E-state index in [1.165, 1.54) is 24.6 Å². The first-order chi connectivity index (χ1) is 13.0. The minimum Gasteiger partial charge on any atom is -0.497 e. The van der Waals surface area contributed by atoms with Crippen LogP contribution in [-0.4, -0.2) is 76.5 Å². The van der Waals surface area contributed by atoms with Gasteiger partial charge < -0.3 is 19.7 Å². The zero-order valence-electron chi connectivity index (χ0n) is 15.8. The number of sulfonamides is 1. The number of nitrogens with one attached hydrogen (secondary N) is 1. The minimum absolute atomic E-state index is 0.0747. The Hall–Kier alpha value is -1.84. The molecule has 1 amide bonds. The van der Waals surface area contributed by atoms with Crippen molar-refractivity contribution in [2.45, 2.75) is 30.2 Å². The molecule has 2 aliphatic rings. The van der Waals surface area contributed by atoms with Crippen LogP contribution in [0.5, 0.6) is 11.5 Å². The lowest BCUT2D eigenvalue weighted by atomic mass is 10.0. The molecule has 2 fully saturated rings. The molecule has 1 unspecified atom stereocenters. The van der Waals surface area contributed by atoms with Crippen LogP contribution in [0.1, 0.15) is 19.3 Å². The summed E-state index contributed by atoms with van der Waals surface area (Å²) < 4.78 is 38.0. The maximum Gasteiger partial charge on any atom is 0.247 e. The first-order valence-corrected chi connectivity index (χ1v) is 10.7. The molecule has 0 bridgehead atoms. The summed E-state index contributed by atoms with van der Waals surface area (Å²) in [6.45, 7) is 2.17. The van der Waals surface area contributed by atoms with Crippen LogP contribution in [0.2, 0.25) is 0 Å². The van der Waals surface area contributed by atoms with Gasteiger partial charge in [-0.3, -0.25) is 4.79 Å². The molecule has 2 heterocycles. The van der Waals surface area contributed by atoms with Crippen molar-refractivity contribution in [2.75, 3.05) is 46.9 Å². The maximum atomic E-state index is 13.1. The van der Waals surface area contributed by atoms with Gasteiger partial charge in [-0.25, -0.2) is 8.42 Å². The smallest absolute Gasteiger partial charge is 0.247 e. The van der Waals surface area contributed by atoms with Crippen LogP contribution in [-0.2, 0) is 14.8 Å². The third-order valence-corrected chi connectivity index (χ3v) is 7.07. The summed E-state index contributed by atoms with van der Waals surface area (Å²) >= 11 is 0. The molecule has 0 aromatic heterocycles. The van der Waals surface area contributed by atoms with Gasteiger partial charge >= 0.3 is 0 Å².